The summed E-state index contributed by atoms with van der Waals surface area (Å²) in [7, 11) is 0. The van der Waals surface area contributed by atoms with Gasteiger partial charge < -0.3 is 14.9 Å². The average molecular weight is 365 g/mol. The topological polar surface area (TPSA) is 66.8 Å². The molecule has 0 aliphatic carbocycles. The summed E-state index contributed by atoms with van der Waals surface area (Å²) in [6, 6.07) is 4.81. The monoisotopic (exact) mass is 364 g/mol. The van der Waals surface area contributed by atoms with E-state index in [-0.39, 0.29) is 24.1 Å². The number of ether oxygens (including phenoxy) is 1. The third kappa shape index (κ3) is 10.3. The third-order valence-corrected chi connectivity index (χ3v) is 4.72. The van der Waals surface area contributed by atoms with Crippen molar-refractivity contribution in [2.24, 2.45) is 0 Å². The number of carbonyl (C=O) groups excluding carboxylic acids is 1. The van der Waals surface area contributed by atoms with E-state index >= 15 is 0 Å². The SMILES string of the molecule is CCCCCCCCCCCCCC(=O)OCCc1cccc(O)c1O. The standard InChI is InChI=1S/C22H36O4/c1-2-3-4-5-6-7-8-9-10-11-12-16-21(24)26-18-17-19-14-13-15-20(23)22(19)25/h13-15,23,25H,2-12,16-18H2,1H3. The number of aromatic hydroxyl groups is 2. The first-order chi connectivity index (χ1) is 12.6. The number of rotatable bonds is 15. The summed E-state index contributed by atoms with van der Waals surface area (Å²) in [4.78, 5) is 11.7. The van der Waals surface area contributed by atoms with E-state index < -0.39 is 0 Å². The molecule has 26 heavy (non-hydrogen) atoms. The highest BCUT2D eigenvalue weighted by molar-refractivity contribution is 5.69. The van der Waals surface area contributed by atoms with Crippen molar-refractivity contribution < 1.29 is 19.7 Å². The normalized spacial score (nSPS) is 10.8. The molecular formula is C22H36O4. The van der Waals surface area contributed by atoms with Gasteiger partial charge in [0.25, 0.3) is 0 Å². The number of benzene rings is 1. The maximum atomic E-state index is 11.7. The van der Waals surface area contributed by atoms with Crippen LogP contribution in [-0.4, -0.2) is 22.8 Å². The molecule has 0 radical (unpaired) electrons. The maximum Gasteiger partial charge on any atom is 0.305 e. The molecule has 0 aromatic heterocycles. The van der Waals surface area contributed by atoms with Crippen LogP contribution in [0.2, 0.25) is 0 Å². The van der Waals surface area contributed by atoms with Crippen LogP contribution in [0, 0.1) is 0 Å². The summed E-state index contributed by atoms with van der Waals surface area (Å²) < 4.78 is 5.20. The lowest BCUT2D eigenvalue weighted by Gasteiger charge is -2.07. The molecule has 0 spiro atoms. The van der Waals surface area contributed by atoms with E-state index in [2.05, 4.69) is 6.92 Å². The Bertz CT molecular complexity index is 499. The molecule has 0 aliphatic heterocycles. The molecule has 1 rings (SSSR count). The number of hydrogen-bond acceptors (Lipinski definition) is 4. The Morgan fingerprint density at radius 3 is 2.08 bits per heavy atom. The molecule has 0 unspecified atom stereocenters. The van der Waals surface area contributed by atoms with Gasteiger partial charge in [0.1, 0.15) is 0 Å². The van der Waals surface area contributed by atoms with Gasteiger partial charge in [-0.2, -0.15) is 0 Å². The van der Waals surface area contributed by atoms with Gasteiger partial charge in [-0.1, -0.05) is 83.3 Å². The van der Waals surface area contributed by atoms with Gasteiger partial charge in [0.15, 0.2) is 11.5 Å². The molecule has 0 aliphatic rings. The Labute approximate surface area is 158 Å². The summed E-state index contributed by atoms with van der Waals surface area (Å²) in [5.41, 5.74) is 0.590. The van der Waals surface area contributed by atoms with Crippen molar-refractivity contribution in [3.05, 3.63) is 23.8 Å². The lowest BCUT2D eigenvalue weighted by Crippen LogP contribution is -2.07. The van der Waals surface area contributed by atoms with E-state index in [1.807, 2.05) is 0 Å². The largest absolute Gasteiger partial charge is 0.504 e. The molecule has 1 aromatic rings. The Balaban J connectivity index is 1.93. The van der Waals surface area contributed by atoms with Crippen LogP contribution in [-0.2, 0) is 16.0 Å². The van der Waals surface area contributed by atoms with Crippen molar-refractivity contribution in [2.75, 3.05) is 6.61 Å². The van der Waals surface area contributed by atoms with Crippen LogP contribution in [0.3, 0.4) is 0 Å². The van der Waals surface area contributed by atoms with Gasteiger partial charge in [-0.15, -0.1) is 0 Å². The van der Waals surface area contributed by atoms with Crippen LogP contribution < -0.4 is 0 Å². The Kier molecular flexibility index (Phi) is 12.4. The predicted molar refractivity (Wildman–Crippen MR) is 106 cm³/mol. The fraction of sp³-hybridized carbons (Fsp3) is 0.682. The predicted octanol–water partition coefficient (Wildman–Crippen LogP) is 5.88. The van der Waals surface area contributed by atoms with E-state index in [4.69, 9.17) is 4.74 Å². The zero-order valence-electron chi connectivity index (χ0n) is 16.3. The summed E-state index contributed by atoms with van der Waals surface area (Å²) in [5, 5.41) is 19.1. The first-order valence-electron chi connectivity index (χ1n) is 10.3. The van der Waals surface area contributed by atoms with Crippen LogP contribution in [0.1, 0.15) is 89.5 Å². The Morgan fingerprint density at radius 2 is 1.46 bits per heavy atom. The first kappa shape index (κ1) is 22.3. The number of unbranched alkanes of at least 4 members (excludes halogenated alkanes) is 10. The quantitative estimate of drug-likeness (QED) is 0.231. The molecule has 0 amide bonds. The van der Waals surface area contributed by atoms with Gasteiger partial charge in [-0.05, 0) is 12.5 Å². The lowest BCUT2D eigenvalue weighted by atomic mass is 10.1. The minimum absolute atomic E-state index is 0.131. The first-order valence-corrected chi connectivity index (χ1v) is 10.3. The van der Waals surface area contributed by atoms with Gasteiger partial charge in [0.2, 0.25) is 0 Å². The van der Waals surface area contributed by atoms with Crippen molar-refractivity contribution >= 4 is 5.97 Å². The van der Waals surface area contributed by atoms with Crippen LogP contribution in [0.4, 0.5) is 0 Å². The third-order valence-electron chi connectivity index (χ3n) is 4.72. The number of para-hydroxylation sites is 1. The summed E-state index contributed by atoms with van der Waals surface area (Å²) in [6.45, 7) is 2.48. The van der Waals surface area contributed by atoms with Crippen LogP contribution in [0.5, 0.6) is 11.5 Å². The summed E-state index contributed by atoms with van der Waals surface area (Å²) >= 11 is 0. The lowest BCUT2D eigenvalue weighted by molar-refractivity contribution is -0.143. The Morgan fingerprint density at radius 1 is 0.885 bits per heavy atom. The smallest absolute Gasteiger partial charge is 0.305 e. The molecule has 4 nitrogen and oxygen atoms in total. The van der Waals surface area contributed by atoms with E-state index in [0.29, 0.717) is 18.4 Å². The highest BCUT2D eigenvalue weighted by atomic mass is 16.5. The van der Waals surface area contributed by atoms with E-state index in [9.17, 15) is 15.0 Å². The van der Waals surface area contributed by atoms with Gasteiger partial charge in [0.05, 0.1) is 6.61 Å². The molecular weight excluding hydrogens is 328 g/mol. The second kappa shape index (κ2) is 14.5. The number of hydrogen-bond donors (Lipinski definition) is 2. The van der Waals surface area contributed by atoms with Crippen LogP contribution in [0.15, 0.2) is 18.2 Å². The van der Waals surface area contributed by atoms with Crippen molar-refractivity contribution in [2.45, 2.75) is 90.4 Å². The zero-order chi connectivity index (χ0) is 19.0. The van der Waals surface area contributed by atoms with Crippen LogP contribution in [0.25, 0.3) is 0 Å². The fourth-order valence-corrected chi connectivity index (χ4v) is 3.06. The molecule has 0 saturated heterocycles. The Hall–Kier alpha value is -1.71. The highest BCUT2D eigenvalue weighted by Gasteiger charge is 2.07. The maximum absolute atomic E-state index is 11.7. The summed E-state index contributed by atoms with van der Waals surface area (Å²) in [6.07, 6.45) is 14.7. The zero-order valence-corrected chi connectivity index (χ0v) is 16.3. The van der Waals surface area contributed by atoms with Crippen LogP contribution >= 0.6 is 0 Å². The van der Waals surface area contributed by atoms with E-state index in [1.165, 1.54) is 63.9 Å². The van der Waals surface area contributed by atoms with Crippen molar-refractivity contribution in [1.29, 1.82) is 0 Å². The number of phenolic OH excluding ortho intramolecular Hbond substituents is 2. The minimum atomic E-state index is -0.180. The molecule has 148 valence electrons. The van der Waals surface area contributed by atoms with Crippen molar-refractivity contribution in [1.82, 2.24) is 0 Å². The van der Waals surface area contributed by atoms with E-state index in [0.717, 1.165) is 12.8 Å². The molecule has 0 atom stereocenters. The van der Waals surface area contributed by atoms with Crippen molar-refractivity contribution in [3.63, 3.8) is 0 Å². The summed E-state index contributed by atoms with van der Waals surface area (Å²) in [5.74, 6) is -0.454. The molecule has 2 N–H and O–H groups in total. The molecule has 4 heteroatoms. The second-order valence-electron chi connectivity index (χ2n) is 7.04. The molecule has 0 bridgehead atoms. The van der Waals surface area contributed by atoms with Gasteiger partial charge in [0, 0.05) is 18.4 Å². The number of esters is 1. The molecule has 0 saturated carbocycles. The minimum Gasteiger partial charge on any atom is -0.504 e. The van der Waals surface area contributed by atoms with Crippen molar-refractivity contribution in [3.8, 4) is 11.5 Å². The number of phenols is 2. The average Bonchev–Trinajstić information content (AvgIpc) is 2.63. The van der Waals surface area contributed by atoms with E-state index in [1.54, 1.807) is 12.1 Å². The fourth-order valence-electron chi connectivity index (χ4n) is 3.06. The number of carbonyl (C=O) groups is 1. The highest BCUT2D eigenvalue weighted by Crippen LogP contribution is 2.28. The molecule has 0 fully saturated rings. The molecule has 0 heterocycles. The molecule has 1 aromatic carbocycles. The van der Waals surface area contributed by atoms with Gasteiger partial charge >= 0.3 is 5.97 Å². The van der Waals surface area contributed by atoms with Gasteiger partial charge in [-0.25, -0.2) is 0 Å². The second-order valence-corrected chi connectivity index (χ2v) is 7.04. The van der Waals surface area contributed by atoms with Gasteiger partial charge in [-0.3, -0.25) is 4.79 Å².